The summed E-state index contributed by atoms with van der Waals surface area (Å²) >= 11 is 0. The van der Waals surface area contributed by atoms with Gasteiger partial charge < -0.3 is 28.8 Å². The molecule has 12 heteroatoms. The van der Waals surface area contributed by atoms with Crippen molar-refractivity contribution in [2.24, 2.45) is 35.5 Å². The van der Waals surface area contributed by atoms with Crippen molar-refractivity contribution in [3.63, 3.8) is 0 Å². The molecule has 1 N–H and O–H groups in total. The van der Waals surface area contributed by atoms with Gasteiger partial charge in [-0.2, -0.15) is 0 Å². The Morgan fingerprint density at radius 2 is 1.13 bits per heavy atom. The van der Waals surface area contributed by atoms with E-state index in [2.05, 4.69) is 0 Å². The second-order valence-corrected chi connectivity index (χ2v) is 17.4. The van der Waals surface area contributed by atoms with Crippen LogP contribution in [-0.2, 0) is 25.6 Å². The predicted octanol–water partition coefficient (Wildman–Crippen LogP) is 9.16. The van der Waals surface area contributed by atoms with Gasteiger partial charge in [-0.1, -0.05) is 60.2 Å². The molecule has 0 unspecified atom stereocenters. The number of anilines is 2. The average molecular weight is 897 g/mol. The summed E-state index contributed by atoms with van der Waals surface area (Å²) in [4.78, 5) is 61.3. The second-order valence-electron chi connectivity index (χ2n) is 17.4. The van der Waals surface area contributed by atoms with Crippen LogP contribution in [0.5, 0.6) is 34.5 Å². The maximum absolute atomic E-state index is 14.9. The number of methoxy groups -OCH3 is 4. The maximum Gasteiger partial charge on any atom is 0.238 e. The number of fused-ring (bicyclic) bond motifs is 5. The van der Waals surface area contributed by atoms with Gasteiger partial charge in [-0.25, -0.2) is 0 Å². The molecular formula is C55H48N2O10. The Kier molecular flexibility index (Phi) is 11.2. The van der Waals surface area contributed by atoms with Gasteiger partial charge in [-0.3, -0.25) is 29.0 Å². The lowest BCUT2D eigenvalue weighted by molar-refractivity contribution is -0.126. The lowest BCUT2D eigenvalue weighted by Gasteiger charge is -2.45. The normalized spacial score (nSPS) is 23.0. The van der Waals surface area contributed by atoms with Crippen molar-refractivity contribution >= 4 is 59.3 Å². The first-order chi connectivity index (χ1) is 32.6. The number of carbonyl (C=O) groups is 4. The maximum atomic E-state index is 14.9. The molecule has 5 aromatic rings. The fourth-order valence-corrected chi connectivity index (χ4v) is 10.7. The number of phenolic OH excluding ortho intramolecular Hbond substituents is 1. The molecule has 0 radical (unpaired) electrons. The fraction of sp³-hybridized carbons (Fsp3) is 0.236. The van der Waals surface area contributed by atoms with Gasteiger partial charge in [-0.05, 0) is 114 Å². The second kappa shape index (κ2) is 17.5. The quantitative estimate of drug-likeness (QED) is 0.0776. The topological polar surface area (TPSA) is 141 Å². The molecule has 4 amide bonds. The number of carbonyl (C=O) groups excluding carboxylic acids is 4. The molecule has 2 saturated heterocycles. The summed E-state index contributed by atoms with van der Waals surface area (Å²) in [6.45, 7) is 0. The fourth-order valence-electron chi connectivity index (χ4n) is 10.7. The van der Waals surface area contributed by atoms with Gasteiger partial charge in [0.1, 0.15) is 34.5 Å². The van der Waals surface area contributed by atoms with E-state index in [0.717, 1.165) is 39.0 Å². The molecule has 0 aromatic heterocycles. The Bertz CT molecular complexity index is 2950. The highest BCUT2D eigenvalue weighted by molar-refractivity contribution is 6.24. The molecule has 0 spiro atoms. The molecule has 5 aliphatic rings. The van der Waals surface area contributed by atoms with Crippen LogP contribution >= 0.6 is 0 Å². The van der Waals surface area contributed by atoms with Crippen molar-refractivity contribution in [2.75, 3.05) is 38.2 Å². The van der Waals surface area contributed by atoms with Crippen LogP contribution in [-0.4, -0.2) is 57.2 Å². The van der Waals surface area contributed by atoms with E-state index in [1.807, 2.05) is 91.0 Å². The number of nitrogens with zero attached hydrogens (tertiary/aromatic N) is 2. The number of hydrogen-bond acceptors (Lipinski definition) is 10. The third-order valence-electron chi connectivity index (χ3n) is 13.9. The van der Waals surface area contributed by atoms with E-state index in [4.69, 9.17) is 23.7 Å². The van der Waals surface area contributed by atoms with Crippen LogP contribution < -0.4 is 33.5 Å². The van der Waals surface area contributed by atoms with E-state index in [0.29, 0.717) is 53.0 Å². The molecule has 12 nitrogen and oxygen atoms in total. The van der Waals surface area contributed by atoms with Gasteiger partial charge in [0.2, 0.25) is 23.6 Å². The van der Waals surface area contributed by atoms with Gasteiger partial charge in [-0.15, -0.1) is 0 Å². The molecule has 3 heterocycles. The van der Waals surface area contributed by atoms with E-state index in [9.17, 15) is 24.3 Å². The average Bonchev–Trinajstić information content (AvgIpc) is 3.77. The number of imide groups is 2. The van der Waals surface area contributed by atoms with Crippen LogP contribution in [0.3, 0.4) is 0 Å². The summed E-state index contributed by atoms with van der Waals surface area (Å²) in [6.07, 6.45) is 12.2. The zero-order valence-corrected chi connectivity index (χ0v) is 37.4. The molecule has 3 fully saturated rings. The summed E-state index contributed by atoms with van der Waals surface area (Å²) in [5.41, 5.74) is 6.62. The Morgan fingerprint density at radius 1 is 0.582 bits per heavy atom. The molecular weight excluding hydrogens is 849 g/mol. The smallest absolute Gasteiger partial charge is 0.238 e. The number of benzene rings is 5. The first-order valence-electron chi connectivity index (χ1n) is 22.2. The monoisotopic (exact) mass is 896 g/mol. The lowest BCUT2D eigenvalue weighted by Crippen LogP contribution is -2.45. The standard InChI is InChI=1S/C55H48N2O10/c1-63-40-18-23-46(65-3)33(27-40)11-5-31-7-13-37(14-8-31)56-52(59)43-21-20-42-44(50(43)54(56)61)29-45-51(49(42)36-25-35-26-39(58)17-22-48(35)67-30-36)55(62)57(53(45)60)38-15-9-32(10-16-38)6-12-34-28-41(64-2)19-24-47(34)66-4/h5-20,22-24,26-28,30,43-45,49-51,58H,21,25,29H2,1-4H3/t43-,44+,45+,49-,50-,51+/m0/s1. The highest BCUT2D eigenvalue weighted by Gasteiger charge is 2.62. The first-order valence-corrected chi connectivity index (χ1v) is 22.2. The summed E-state index contributed by atoms with van der Waals surface area (Å²) in [7, 11) is 6.42. The third kappa shape index (κ3) is 7.61. The molecule has 6 atom stereocenters. The molecule has 67 heavy (non-hydrogen) atoms. The minimum Gasteiger partial charge on any atom is -0.508 e. The molecule has 338 valence electrons. The molecule has 5 aromatic carbocycles. The van der Waals surface area contributed by atoms with Crippen molar-refractivity contribution < 1.29 is 48.0 Å². The minimum absolute atomic E-state index is 0.0817. The van der Waals surface area contributed by atoms with Gasteiger partial charge in [0.15, 0.2) is 0 Å². The van der Waals surface area contributed by atoms with E-state index in [1.54, 1.807) is 77.2 Å². The minimum atomic E-state index is -0.777. The first kappa shape index (κ1) is 43.1. The van der Waals surface area contributed by atoms with Crippen molar-refractivity contribution in [2.45, 2.75) is 19.3 Å². The number of allylic oxidation sites excluding steroid dienone is 3. The largest absolute Gasteiger partial charge is 0.508 e. The van der Waals surface area contributed by atoms with Gasteiger partial charge in [0.05, 0.1) is 69.7 Å². The van der Waals surface area contributed by atoms with E-state index in [-0.39, 0.29) is 35.8 Å². The highest BCUT2D eigenvalue weighted by atomic mass is 16.5. The molecule has 2 aliphatic carbocycles. The van der Waals surface area contributed by atoms with Crippen molar-refractivity contribution in [1.82, 2.24) is 0 Å². The van der Waals surface area contributed by atoms with Gasteiger partial charge >= 0.3 is 0 Å². The summed E-state index contributed by atoms with van der Waals surface area (Å²) in [5.74, 6) is -1.84. The summed E-state index contributed by atoms with van der Waals surface area (Å²) in [5, 5.41) is 10.4. The van der Waals surface area contributed by atoms with Crippen molar-refractivity contribution in [3.8, 4) is 34.5 Å². The molecule has 1 saturated carbocycles. The van der Waals surface area contributed by atoms with E-state index in [1.165, 1.54) is 9.80 Å². The number of amides is 4. The Morgan fingerprint density at radius 3 is 1.69 bits per heavy atom. The Hall–Kier alpha value is -7.86. The molecule has 10 rings (SSSR count). The SMILES string of the molecule is COc1ccc(OC)c(C=Cc2ccc(N3C(=O)[C@H]4[C@H](CC=C5[C@H](C6=COc7ccc(O)cc7C6)[C@@H]6C(=O)N(c7ccc(C=Cc8cc(OC)ccc8OC)cc7)C(=O)[C@@H]6C[C@H]54)C3=O)cc2)c1. The Balaban J connectivity index is 0.946. The van der Waals surface area contributed by atoms with Crippen LogP contribution in [0.4, 0.5) is 11.4 Å². The number of aromatic hydroxyl groups is 1. The lowest BCUT2D eigenvalue weighted by atomic mass is 9.56. The van der Waals surface area contributed by atoms with Gasteiger partial charge in [0, 0.05) is 29.0 Å². The predicted molar refractivity (Wildman–Crippen MR) is 254 cm³/mol. The van der Waals surface area contributed by atoms with Crippen LogP contribution in [0.1, 0.15) is 40.7 Å². The zero-order chi connectivity index (χ0) is 46.5. The van der Waals surface area contributed by atoms with Crippen LogP contribution in [0.25, 0.3) is 24.3 Å². The Labute approximate surface area is 388 Å². The molecule has 0 bridgehead atoms. The van der Waals surface area contributed by atoms with Crippen molar-refractivity contribution in [3.05, 3.63) is 154 Å². The van der Waals surface area contributed by atoms with Crippen LogP contribution in [0, 0.1) is 35.5 Å². The zero-order valence-electron chi connectivity index (χ0n) is 37.4. The summed E-state index contributed by atoms with van der Waals surface area (Å²) < 4.78 is 28.0. The number of rotatable bonds is 11. The highest BCUT2D eigenvalue weighted by Crippen LogP contribution is 2.58. The van der Waals surface area contributed by atoms with Gasteiger partial charge in [0.25, 0.3) is 0 Å². The van der Waals surface area contributed by atoms with Crippen LogP contribution in [0.15, 0.2) is 127 Å². The number of hydrogen-bond donors (Lipinski definition) is 1. The number of phenols is 1. The van der Waals surface area contributed by atoms with E-state index >= 15 is 0 Å². The van der Waals surface area contributed by atoms with Crippen molar-refractivity contribution in [1.29, 1.82) is 0 Å². The van der Waals surface area contributed by atoms with E-state index < -0.39 is 35.5 Å². The third-order valence-corrected chi connectivity index (χ3v) is 13.9. The van der Waals surface area contributed by atoms with Crippen LogP contribution in [0.2, 0.25) is 0 Å². The molecule has 3 aliphatic heterocycles. The summed E-state index contributed by atoms with van der Waals surface area (Å²) in [6, 6.07) is 30.5. The number of ether oxygens (including phenoxy) is 5.